The molecule has 3 heterocycles. The molecule has 0 bridgehead atoms. The van der Waals surface area contributed by atoms with Crippen molar-refractivity contribution in [2.75, 3.05) is 26.9 Å². The number of fused-ring (bicyclic) bond motifs is 3. The van der Waals surface area contributed by atoms with E-state index in [1.54, 1.807) is 25.7 Å². The Kier molecular flexibility index (Phi) is 5.79. The number of methoxy groups -OCH3 is 1. The molecular weight excluding hydrogens is 420 g/mol. The number of amides is 2. The van der Waals surface area contributed by atoms with Crippen molar-refractivity contribution < 1.29 is 38.1 Å². The first-order valence-corrected chi connectivity index (χ1v) is 10.6. The van der Waals surface area contributed by atoms with Crippen LogP contribution in [0.4, 0.5) is 9.59 Å². The van der Waals surface area contributed by atoms with Crippen LogP contribution in [0.25, 0.3) is 0 Å². The molecule has 1 aromatic rings. The molecule has 0 aliphatic carbocycles. The number of nitrogens with zero attached hydrogens (tertiary/aromatic N) is 2. The van der Waals surface area contributed by atoms with Crippen LogP contribution in [0.1, 0.15) is 38.3 Å². The average molecular weight is 448 g/mol. The maximum absolute atomic E-state index is 12.9. The van der Waals surface area contributed by atoms with Gasteiger partial charge in [-0.05, 0) is 32.4 Å². The highest BCUT2D eigenvalue weighted by Gasteiger charge is 2.44. The second-order valence-electron chi connectivity index (χ2n) is 9.00. The lowest BCUT2D eigenvalue weighted by molar-refractivity contribution is -0.145. The Labute approximate surface area is 186 Å². The van der Waals surface area contributed by atoms with Crippen molar-refractivity contribution in [2.45, 2.75) is 58.0 Å². The van der Waals surface area contributed by atoms with Gasteiger partial charge >= 0.3 is 18.2 Å². The minimum absolute atomic E-state index is 0.0492. The summed E-state index contributed by atoms with van der Waals surface area (Å²) >= 11 is 0. The fourth-order valence-corrected chi connectivity index (χ4v) is 4.10. The first-order chi connectivity index (χ1) is 15.2. The van der Waals surface area contributed by atoms with E-state index in [2.05, 4.69) is 0 Å². The normalized spacial score (nSPS) is 21.8. The summed E-state index contributed by atoms with van der Waals surface area (Å²) in [6, 6.07) is 2.89. The number of carbonyl (C=O) groups excluding carboxylic acids is 3. The predicted octanol–water partition coefficient (Wildman–Crippen LogP) is 2.46. The van der Waals surface area contributed by atoms with Crippen LogP contribution in [0.2, 0.25) is 0 Å². The molecule has 0 N–H and O–H groups in total. The van der Waals surface area contributed by atoms with Gasteiger partial charge in [0, 0.05) is 18.5 Å². The van der Waals surface area contributed by atoms with E-state index in [-0.39, 0.29) is 13.0 Å². The molecule has 10 nitrogen and oxygen atoms in total. The van der Waals surface area contributed by atoms with E-state index in [1.807, 2.05) is 12.1 Å². The van der Waals surface area contributed by atoms with Crippen molar-refractivity contribution in [1.29, 1.82) is 0 Å². The number of esters is 1. The van der Waals surface area contributed by atoms with Crippen LogP contribution >= 0.6 is 0 Å². The Hall–Kier alpha value is -3.17. The number of hydrogen-bond donors (Lipinski definition) is 0. The molecule has 2 unspecified atom stereocenters. The van der Waals surface area contributed by atoms with Crippen molar-refractivity contribution in [1.82, 2.24) is 9.80 Å². The summed E-state index contributed by atoms with van der Waals surface area (Å²) in [7, 11) is 1.25. The van der Waals surface area contributed by atoms with Gasteiger partial charge in [0.2, 0.25) is 0 Å². The summed E-state index contributed by atoms with van der Waals surface area (Å²) in [6.45, 7) is 6.95. The molecule has 1 fully saturated rings. The van der Waals surface area contributed by atoms with Crippen LogP contribution < -0.4 is 9.47 Å². The fraction of sp³-hybridized carbons (Fsp3) is 0.591. The Morgan fingerprint density at radius 3 is 2.53 bits per heavy atom. The zero-order chi connectivity index (χ0) is 23.0. The topological polar surface area (TPSA) is 104 Å². The lowest BCUT2D eigenvalue weighted by atomic mass is 10.1. The first-order valence-electron chi connectivity index (χ1n) is 10.6. The van der Waals surface area contributed by atoms with E-state index in [4.69, 9.17) is 23.7 Å². The van der Waals surface area contributed by atoms with Crippen LogP contribution in [0, 0.1) is 0 Å². The zero-order valence-electron chi connectivity index (χ0n) is 18.7. The molecule has 10 heteroatoms. The van der Waals surface area contributed by atoms with Gasteiger partial charge in [-0.1, -0.05) is 6.07 Å². The molecule has 174 valence electrons. The largest absolute Gasteiger partial charge is 0.486 e. The predicted molar refractivity (Wildman–Crippen MR) is 110 cm³/mol. The maximum Gasteiger partial charge on any atom is 0.411 e. The Morgan fingerprint density at radius 1 is 1.06 bits per heavy atom. The monoisotopic (exact) mass is 448 g/mol. The number of rotatable bonds is 2. The summed E-state index contributed by atoms with van der Waals surface area (Å²) in [6.07, 6.45) is -1.68. The van der Waals surface area contributed by atoms with Crippen LogP contribution in [0.15, 0.2) is 12.1 Å². The molecule has 0 radical (unpaired) electrons. The minimum Gasteiger partial charge on any atom is -0.486 e. The van der Waals surface area contributed by atoms with Gasteiger partial charge in [0.05, 0.1) is 20.2 Å². The SMILES string of the molecule is COC(=O)C1CC(OC(=O)N2Cc3ccc4c(c3C2)OCCO4)CN1C(=O)OC(C)(C)C. The summed E-state index contributed by atoms with van der Waals surface area (Å²) < 4.78 is 27.2. The minimum atomic E-state index is -0.874. The van der Waals surface area contributed by atoms with E-state index in [0.29, 0.717) is 37.8 Å². The van der Waals surface area contributed by atoms with Crippen LogP contribution in [-0.4, -0.2) is 72.6 Å². The highest BCUT2D eigenvalue weighted by Crippen LogP contribution is 2.40. The van der Waals surface area contributed by atoms with Gasteiger partial charge in [0.15, 0.2) is 11.5 Å². The van der Waals surface area contributed by atoms with Crippen LogP contribution in [0.5, 0.6) is 11.5 Å². The molecule has 3 aliphatic heterocycles. The lowest BCUT2D eigenvalue weighted by Crippen LogP contribution is -2.44. The molecule has 0 saturated carbocycles. The Morgan fingerprint density at radius 2 is 1.81 bits per heavy atom. The van der Waals surface area contributed by atoms with Crippen molar-refractivity contribution >= 4 is 18.2 Å². The van der Waals surface area contributed by atoms with Crippen LogP contribution in [0.3, 0.4) is 0 Å². The van der Waals surface area contributed by atoms with Gasteiger partial charge in [-0.3, -0.25) is 9.80 Å². The third-order valence-corrected chi connectivity index (χ3v) is 5.51. The molecule has 3 aliphatic rings. The smallest absolute Gasteiger partial charge is 0.411 e. The van der Waals surface area contributed by atoms with E-state index in [9.17, 15) is 14.4 Å². The summed E-state index contributed by atoms with van der Waals surface area (Å²) in [5, 5.41) is 0. The number of hydrogen-bond acceptors (Lipinski definition) is 8. The standard InChI is InChI=1S/C22H28N2O8/c1-22(2,3)32-21(27)24-11-14(9-16(24)19(25)28-4)31-20(26)23-10-13-5-6-17-18(15(13)12-23)30-8-7-29-17/h5-6,14,16H,7-12H2,1-4H3. The van der Waals surface area contributed by atoms with E-state index in [1.165, 1.54) is 12.0 Å². The zero-order valence-corrected chi connectivity index (χ0v) is 18.7. The van der Waals surface area contributed by atoms with Crippen LogP contribution in [-0.2, 0) is 32.1 Å². The third kappa shape index (κ3) is 4.39. The second-order valence-corrected chi connectivity index (χ2v) is 9.00. The van der Waals surface area contributed by atoms with E-state index in [0.717, 1.165) is 11.1 Å². The van der Waals surface area contributed by atoms with Gasteiger partial charge in [-0.25, -0.2) is 14.4 Å². The third-order valence-electron chi connectivity index (χ3n) is 5.51. The molecular formula is C22H28N2O8. The van der Waals surface area contributed by atoms with Gasteiger partial charge in [0.1, 0.15) is 31.0 Å². The van der Waals surface area contributed by atoms with Gasteiger partial charge in [0.25, 0.3) is 0 Å². The fourth-order valence-electron chi connectivity index (χ4n) is 4.10. The summed E-state index contributed by atoms with van der Waals surface area (Å²) in [5.41, 5.74) is 1.16. The average Bonchev–Trinajstić information content (AvgIpc) is 3.36. The van der Waals surface area contributed by atoms with Gasteiger partial charge in [-0.2, -0.15) is 0 Å². The number of ether oxygens (including phenoxy) is 5. The van der Waals surface area contributed by atoms with Crippen molar-refractivity contribution in [3.63, 3.8) is 0 Å². The molecule has 4 rings (SSSR count). The second kappa shape index (κ2) is 8.40. The highest BCUT2D eigenvalue weighted by atomic mass is 16.6. The molecule has 2 amide bonds. The molecule has 0 aromatic heterocycles. The van der Waals surface area contributed by atoms with E-state index >= 15 is 0 Å². The van der Waals surface area contributed by atoms with Gasteiger partial charge in [-0.15, -0.1) is 0 Å². The molecule has 1 saturated heterocycles. The highest BCUT2D eigenvalue weighted by molar-refractivity contribution is 5.82. The van der Waals surface area contributed by atoms with Crippen molar-refractivity contribution in [2.24, 2.45) is 0 Å². The Balaban J connectivity index is 1.42. The molecule has 1 aromatic carbocycles. The van der Waals surface area contributed by atoms with Crippen molar-refractivity contribution in [3.8, 4) is 11.5 Å². The summed E-state index contributed by atoms with van der Waals surface area (Å²) in [4.78, 5) is 40.5. The van der Waals surface area contributed by atoms with Crippen molar-refractivity contribution in [3.05, 3.63) is 23.3 Å². The van der Waals surface area contributed by atoms with Gasteiger partial charge < -0.3 is 23.7 Å². The quantitative estimate of drug-likeness (QED) is 0.502. The molecule has 0 spiro atoms. The first kappa shape index (κ1) is 22.0. The summed E-state index contributed by atoms with van der Waals surface area (Å²) in [5.74, 6) is 0.772. The number of likely N-dealkylation sites (tertiary alicyclic amines) is 1. The molecule has 2 atom stereocenters. The maximum atomic E-state index is 12.9. The molecule has 32 heavy (non-hydrogen) atoms. The Bertz CT molecular complexity index is 925. The van der Waals surface area contributed by atoms with E-state index < -0.39 is 35.9 Å². The number of benzene rings is 1. The number of carbonyl (C=O) groups is 3. The lowest BCUT2D eigenvalue weighted by Gasteiger charge is -2.27.